The van der Waals surface area contributed by atoms with Gasteiger partial charge >= 0.3 is 0 Å². The zero-order valence-electron chi connectivity index (χ0n) is 21.4. The monoisotopic (exact) mass is 489 g/mol. The molecular weight excluding hydrogens is 454 g/mol. The number of anilines is 1. The Morgan fingerprint density at radius 1 is 1.08 bits per heavy atom. The molecule has 8 nitrogen and oxygen atoms in total. The molecular formula is C28H35N5O3. The number of ether oxygens (including phenoxy) is 2. The summed E-state index contributed by atoms with van der Waals surface area (Å²) in [7, 11) is 1.00. The molecule has 4 N–H and O–H groups in total. The lowest BCUT2D eigenvalue weighted by atomic mass is 10.1. The van der Waals surface area contributed by atoms with E-state index in [0.29, 0.717) is 31.6 Å². The van der Waals surface area contributed by atoms with Crippen LogP contribution < -0.4 is 10.5 Å². The number of nitrogen functional groups attached to an aromatic ring is 1. The molecule has 5 aromatic rings. The summed E-state index contributed by atoms with van der Waals surface area (Å²) < 4.78 is 14.0. The van der Waals surface area contributed by atoms with Gasteiger partial charge in [-0.2, -0.15) is 0 Å². The van der Waals surface area contributed by atoms with Crippen LogP contribution in [0.4, 0.5) is 5.82 Å². The maximum atomic E-state index is 7.00. The second kappa shape index (κ2) is 11.4. The number of fused-ring (bicyclic) bond motifs is 4. The first-order chi connectivity index (χ1) is 17.5. The molecule has 3 aromatic heterocycles. The number of imidazole rings is 1. The van der Waals surface area contributed by atoms with Gasteiger partial charge in [0.05, 0.1) is 17.6 Å². The molecule has 5 rings (SSSR count). The number of nitrogens with zero attached hydrogens (tertiary/aromatic N) is 3. The van der Waals surface area contributed by atoms with Gasteiger partial charge in [0.2, 0.25) is 0 Å². The second-order valence-corrected chi connectivity index (χ2v) is 9.00. The number of hydrogen-bond donors (Lipinski definition) is 3. The Kier molecular flexibility index (Phi) is 8.07. The van der Waals surface area contributed by atoms with Gasteiger partial charge < -0.3 is 29.9 Å². The smallest absolute Gasteiger partial charge is 0.152 e. The van der Waals surface area contributed by atoms with Crippen LogP contribution in [0, 0.1) is 5.92 Å². The first-order valence-electron chi connectivity index (χ1n) is 12.3. The van der Waals surface area contributed by atoms with Gasteiger partial charge in [0.1, 0.15) is 23.7 Å². The highest BCUT2D eigenvalue weighted by atomic mass is 16.5. The number of rotatable bonds is 9. The van der Waals surface area contributed by atoms with Crippen LogP contribution in [-0.2, 0) is 24.3 Å². The van der Waals surface area contributed by atoms with E-state index >= 15 is 0 Å². The number of benzene rings is 2. The van der Waals surface area contributed by atoms with E-state index < -0.39 is 0 Å². The minimum absolute atomic E-state index is 0.429. The predicted molar refractivity (Wildman–Crippen MR) is 145 cm³/mol. The highest BCUT2D eigenvalue weighted by Crippen LogP contribution is 2.32. The zero-order valence-corrected chi connectivity index (χ0v) is 21.4. The summed E-state index contributed by atoms with van der Waals surface area (Å²) in [5.74, 6) is 2.54. The maximum Gasteiger partial charge on any atom is 0.152 e. The van der Waals surface area contributed by atoms with Gasteiger partial charge in [-0.1, -0.05) is 32.0 Å². The number of aromatic amines is 1. The quantitative estimate of drug-likeness (QED) is 0.267. The molecule has 0 unspecified atom stereocenters. The van der Waals surface area contributed by atoms with Gasteiger partial charge in [-0.15, -0.1) is 0 Å². The molecule has 36 heavy (non-hydrogen) atoms. The van der Waals surface area contributed by atoms with Crippen molar-refractivity contribution >= 4 is 38.7 Å². The van der Waals surface area contributed by atoms with Crippen molar-refractivity contribution in [3.05, 3.63) is 60.0 Å². The van der Waals surface area contributed by atoms with Gasteiger partial charge in [-0.05, 0) is 36.6 Å². The molecule has 3 heterocycles. The van der Waals surface area contributed by atoms with Crippen molar-refractivity contribution < 1.29 is 14.6 Å². The first kappa shape index (κ1) is 25.5. The van der Waals surface area contributed by atoms with E-state index in [1.807, 2.05) is 25.1 Å². The van der Waals surface area contributed by atoms with E-state index in [1.54, 1.807) is 0 Å². The lowest BCUT2D eigenvalue weighted by Gasteiger charge is -2.13. The molecule has 0 fully saturated rings. The van der Waals surface area contributed by atoms with Crippen LogP contribution in [0.1, 0.15) is 32.2 Å². The molecule has 2 aromatic carbocycles. The van der Waals surface area contributed by atoms with Gasteiger partial charge in [-0.3, -0.25) is 0 Å². The van der Waals surface area contributed by atoms with Crippen LogP contribution in [0.25, 0.3) is 32.8 Å². The molecule has 0 saturated carbocycles. The summed E-state index contributed by atoms with van der Waals surface area (Å²) >= 11 is 0. The second-order valence-electron chi connectivity index (χ2n) is 9.00. The van der Waals surface area contributed by atoms with Gasteiger partial charge in [0.15, 0.2) is 5.82 Å². The largest absolute Gasteiger partial charge is 0.493 e. The number of pyridine rings is 1. The Morgan fingerprint density at radius 2 is 1.89 bits per heavy atom. The summed E-state index contributed by atoms with van der Waals surface area (Å²) in [6.45, 7) is 8.88. The van der Waals surface area contributed by atoms with Crippen LogP contribution in [0.5, 0.6) is 5.75 Å². The average molecular weight is 490 g/mol. The Morgan fingerprint density at radius 3 is 2.67 bits per heavy atom. The topological polar surface area (TPSA) is 111 Å². The van der Waals surface area contributed by atoms with Crippen LogP contribution in [-0.4, -0.2) is 44.9 Å². The van der Waals surface area contributed by atoms with E-state index in [4.69, 9.17) is 25.3 Å². The Labute approximate surface area is 211 Å². The molecule has 0 bridgehead atoms. The van der Waals surface area contributed by atoms with Crippen molar-refractivity contribution in [2.75, 3.05) is 26.1 Å². The molecule has 0 aliphatic heterocycles. The molecule has 0 saturated heterocycles. The van der Waals surface area contributed by atoms with Crippen LogP contribution in [0.3, 0.4) is 0 Å². The third-order valence-corrected chi connectivity index (χ3v) is 6.05. The van der Waals surface area contributed by atoms with Crippen molar-refractivity contribution in [3.63, 3.8) is 0 Å². The van der Waals surface area contributed by atoms with Crippen molar-refractivity contribution in [1.82, 2.24) is 19.5 Å². The van der Waals surface area contributed by atoms with E-state index in [9.17, 15) is 0 Å². The van der Waals surface area contributed by atoms with E-state index in [1.165, 1.54) is 10.9 Å². The molecule has 0 aliphatic carbocycles. The fraction of sp³-hybridized carbons (Fsp3) is 0.357. The SMILES string of the molecule is CCOCc1nc2c(N)nc3cc(OCCc4c[nH]c5ccccc45)ccc3c2n1CC(C)C.CO. The van der Waals surface area contributed by atoms with Crippen LogP contribution in [0.2, 0.25) is 0 Å². The third kappa shape index (κ3) is 5.15. The number of nitrogens with one attached hydrogen (secondary N) is 1. The highest BCUT2D eigenvalue weighted by molar-refractivity contribution is 6.07. The van der Waals surface area contributed by atoms with Crippen molar-refractivity contribution in [2.24, 2.45) is 5.92 Å². The zero-order chi connectivity index (χ0) is 25.7. The van der Waals surface area contributed by atoms with Gasteiger partial charge in [-0.25, -0.2) is 9.97 Å². The average Bonchev–Trinajstić information content (AvgIpc) is 3.46. The number of aliphatic hydroxyl groups is 1. The lowest BCUT2D eigenvalue weighted by molar-refractivity contribution is 0.125. The predicted octanol–water partition coefficient (Wildman–Crippen LogP) is 5.07. The fourth-order valence-electron chi connectivity index (χ4n) is 4.51. The Hall–Kier alpha value is -3.62. The van der Waals surface area contributed by atoms with Crippen LogP contribution >= 0.6 is 0 Å². The number of hydrogen-bond acceptors (Lipinski definition) is 6. The molecule has 0 radical (unpaired) electrons. The highest BCUT2D eigenvalue weighted by Gasteiger charge is 2.18. The number of aromatic nitrogens is 4. The standard InChI is InChI=1S/C27H31N5O2.CH4O/c1-4-33-16-24-31-25-26(32(24)15-17(2)3)21-10-9-19(13-23(21)30-27(25)28)34-12-11-18-14-29-22-8-6-5-7-20(18)22;1-2/h5-10,13-14,17,29H,4,11-12,15-16H2,1-3H3,(H2,28,30);2H,1H3. The minimum atomic E-state index is 0.429. The van der Waals surface area contributed by atoms with Gasteiger partial charge in [0.25, 0.3) is 0 Å². The lowest BCUT2D eigenvalue weighted by Crippen LogP contribution is -2.10. The summed E-state index contributed by atoms with van der Waals surface area (Å²) in [5.41, 5.74) is 11.3. The summed E-state index contributed by atoms with van der Waals surface area (Å²) in [6.07, 6.45) is 2.88. The molecule has 0 spiro atoms. The molecule has 0 aliphatic rings. The van der Waals surface area contributed by atoms with E-state index in [2.05, 4.69) is 58.8 Å². The van der Waals surface area contributed by atoms with E-state index in [-0.39, 0.29) is 0 Å². The first-order valence-corrected chi connectivity index (χ1v) is 12.3. The van der Waals surface area contributed by atoms with Crippen molar-refractivity contribution in [1.29, 1.82) is 0 Å². The minimum Gasteiger partial charge on any atom is -0.493 e. The van der Waals surface area contributed by atoms with E-state index in [0.717, 1.165) is 59.1 Å². The summed E-state index contributed by atoms with van der Waals surface area (Å²) in [5, 5.41) is 9.26. The molecule has 0 amide bonds. The number of nitrogens with two attached hydrogens (primary N) is 1. The molecule has 8 heteroatoms. The normalized spacial score (nSPS) is 11.4. The number of H-pyrrole nitrogens is 1. The molecule has 190 valence electrons. The number of para-hydroxylation sites is 1. The summed E-state index contributed by atoms with van der Waals surface area (Å²) in [6, 6.07) is 14.4. The third-order valence-electron chi connectivity index (χ3n) is 6.05. The maximum absolute atomic E-state index is 7.00. The van der Waals surface area contributed by atoms with Crippen molar-refractivity contribution in [2.45, 2.75) is 40.3 Å². The van der Waals surface area contributed by atoms with Gasteiger partial charge in [0, 0.05) is 55.2 Å². The Balaban J connectivity index is 0.00000148. The van der Waals surface area contributed by atoms with Crippen molar-refractivity contribution in [3.8, 4) is 5.75 Å². The number of aliphatic hydroxyl groups excluding tert-OH is 1. The fourth-order valence-corrected chi connectivity index (χ4v) is 4.51. The van der Waals surface area contributed by atoms with Crippen LogP contribution in [0.15, 0.2) is 48.7 Å². The Bertz CT molecular complexity index is 1450. The molecule has 0 atom stereocenters. The summed E-state index contributed by atoms with van der Waals surface area (Å²) in [4.78, 5) is 12.8.